The summed E-state index contributed by atoms with van der Waals surface area (Å²) in [6.45, 7) is 7.70. The Bertz CT molecular complexity index is 535. The van der Waals surface area contributed by atoms with Gasteiger partial charge in [0.15, 0.2) is 0 Å². The second-order valence-electron chi connectivity index (χ2n) is 6.71. The van der Waals surface area contributed by atoms with Crippen LogP contribution in [0.2, 0.25) is 0 Å². The predicted octanol–water partition coefficient (Wildman–Crippen LogP) is 3.93. The summed E-state index contributed by atoms with van der Waals surface area (Å²) in [5, 5.41) is 8.18. The summed E-state index contributed by atoms with van der Waals surface area (Å²) in [6.07, 6.45) is 4.33. The standard InChI is InChI=1S/C19H31N3O2S/c1-4-14(5-2)18(23)22-11-9-15(10-12-22)20-19(24)21-16(6-3)17-8-7-13-25-17/h7-8,13-16H,4-6,9-12H2,1-3H3,(H2,20,21,24). The maximum Gasteiger partial charge on any atom is 0.315 e. The highest BCUT2D eigenvalue weighted by Crippen LogP contribution is 2.22. The molecule has 140 valence electrons. The Morgan fingerprint density at radius 3 is 2.40 bits per heavy atom. The summed E-state index contributed by atoms with van der Waals surface area (Å²) >= 11 is 1.67. The van der Waals surface area contributed by atoms with Crippen LogP contribution in [-0.4, -0.2) is 36.0 Å². The van der Waals surface area contributed by atoms with Crippen LogP contribution in [-0.2, 0) is 4.79 Å². The van der Waals surface area contributed by atoms with Gasteiger partial charge in [-0.3, -0.25) is 4.79 Å². The molecule has 2 N–H and O–H groups in total. The van der Waals surface area contributed by atoms with Crippen molar-refractivity contribution in [2.24, 2.45) is 5.92 Å². The van der Waals surface area contributed by atoms with E-state index in [9.17, 15) is 9.59 Å². The van der Waals surface area contributed by atoms with Crippen molar-refractivity contribution in [1.82, 2.24) is 15.5 Å². The zero-order valence-corrected chi connectivity index (χ0v) is 16.4. The average Bonchev–Trinajstić information content (AvgIpc) is 3.15. The van der Waals surface area contributed by atoms with E-state index in [1.807, 2.05) is 16.3 Å². The Kier molecular flexibility index (Phi) is 7.75. The molecule has 0 aliphatic carbocycles. The van der Waals surface area contributed by atoms with E-state index in [2.05, 4.69) is 37.5 Å². The Labute approximate surface area is 155 Å². The molecule has 1 saturated heterocycles. The predicted molar refractivity (Wildman–Crippen MR) is 103 cm³/mol. The fraction of sp³-hybridized carbons (Fsp3) is 0.684. The van der Waals surface area contributed by atoms with Gasteiger partial charge in [0.25, 0.3) is 0 Å². The largest absolute Gasteiger partial charge is 0.342 e. The monoisotopic (exact) mass is 365 g/mol. The van der Waals surface area contributed by atoms with E-state index in [-0.39, 0.29) is 29.9 Å². The minimum absolute atomic E-state index is 0.0662. The van der Waals surface area contributed by atoms with Crippen LogP contribution in [0.3, 0.4) is 0 Å². The highest BCUT2D eigenvalue weighted by Gasteiger charge is 2.27. The van der Waals surface area contributed by atoms with Gasteiger partial charge in [-0.25, -0.2) is 4.79 Å². The number of likely N-dealkylation sites (tertiary alicyclic amines) is 1. The van der Waals surface area contributed by atoms with E-state index in [0.29, 0.717) is 0 Å². The zero-order valence-electron chi connectivity index (χ0n) is 15.6. The normalized spacial score (nSPS) is 16.7. The third kappa shape index (κ3) is 5.46. The smallest absolute Gasteiger partial charge is 0.315 e. The first kappa shape index (κ1) is 19.8. The van der Waals surface area contributed by atoms with Crippen LogP contribution < -0.4 is 10.6 Å². The summed E-state index contributed by atoms with van der Waals surface area (Å²) in [4.78, 5) is 27.9. The van der Waals surface area contributed by atoms with Crippen molar-refractivity contribution in [3.05, 3.63) is 22.4 Å². The van der Waals surface area contributed by atoms with Crippen LogP contribution in [0.1, 0.15) is 63.8 Å². The summed E-state index contributed by atoms with van der Waals surface area (Å²) in [5.74, 6) is 0.417. The second-order valence-corrected chi connectivity index (χ2v) is 7.69. The highest BCUT2D eigenvalue weighted by molar-refractivity contribution is 7.10. The molecule has 1 atom stereocenters. The van der Waals surface area contributed by atoms with Gasteiger partial charge in [0.2, 0.25) is 5.91 Å². The molecular formula is C19H31N3O2S. The van der Waals surface area contributed by atoms with E-state index in [4.69, 9.17) is 0 Å². The van der Waals surface area contributed by atoms with Gasteiger partial charge in [-0.1, -0.05) is 26.8 Å². The lowest BCUT2D eigenvalue weighted by Crippen LogP contribution is -2.50. The molecule has 2 heterocycles. The third-order valence-electron chi connectivity index (χ3n) is 5.08. The van der Waals surface area contributed by atoms with Gasteiger partial charge in [0.1, 0.15) is 0 Å². The van der Waals surface area contributed by atoms with Gasteiger partial charge in [0, 0.05) is 29.9 Å². The van der Waals surface area contributed by atoms with Gasteiger partial charge >= 0.3 is 6.03 Å². The summed E-state index contributed by atoms with van der Waals surface area (Å²) in [5.41, 5.74) is 0. The van der Waals surface area contributed by atoms with Crippen LogP contribution >= 0.6 is 11.3 Å². The molecule has 0 saturated carbocycles. The number of rotatable bonds is 7. The van der Waals surface area contributed by atoms with E-state index in [0.717, 1.165) is 45.2 Å². The van der Waals surface area contributed by atoms with Gasteiger partial charge in [0.05, 0.1) is 6.04 Å². The van der Waals surface area contributed by atoms with Crippen molar-refractivity contribution in [3.63, 3.8) is 0 Å². The lowest BCUT2D eigenvalue weighted by molar-refractivity contribution is -0.136. The molecule has 0 spiro atoms. The number of thiophene rings is 1. The second kappa shape index (κ2) is 9.80. The number of carbonyl (C=O) groups is 2. The molecule has 1 aliphatic heterocycles. The Morgan fingerprint density at radius 2 is 1.88 bits per heavy atom. The fourth-order valence-corrected chi connectivity index (χ4v) is 4.25. The van der Waals surface area contributed by atoms with Gasteiger partial charge in [-0.2, -0.15) is 0 Å². The maximum atomic E-state index is 12.4. The molecule has 5 nitrogen and oxygen atoms in total. The number of carbonyl (C=O) groups excluding carboxylic acids is 2. The number of hydrogen-bond acceptors (Lipinski definition) is 3. The molecule has 1 fully saturated rings. The molecule has 25 heavy (non-hydrogen) atoms. The number of amides is 3. The summed E-state index contributed by atoms with van der Waals surface area (Å²) in [6, 6.07) is 4.17. The molecule has 0 bridgehead atoms. The van der Waals surface area contributed by atoms with E-state index in [1.165, 1.54) is 4.88 Å². The van der Waals surface area contributed by atoms with Crippen molar-refractivity contribution in [3.8, 4) is 0 Å². The number of piperidine rings is 1. The minimum Gasteiger partial charge on any atom is -0.342 e. The first-order chi connectivity index (χ1) is 12.1. The van der Waals surface area contributed by atoms with Gasteiger partial charge < -0.3 is 15.5 Å². The van der Waals surface area contributed by atoms with Crippen molar-refractivity contribution in [2.45, 2.75) is 65.0 Å². The molecule has 0 radical (unpaired) electrons. The number of urea groups is 1. The van der Waals surface area contributed by atoms with E-state index < -0.39 is 0 Å². The number of nitrogens with one attached hydrogen (secondary N) is 2. The molecule has 1 aromatic heterocycles. The van der Waals surface area contributed by atoms with Gasteiger partial charge in [-0.15, -0.1) is 11.3 Å². The molecule has 3 amide bonds. The topological polar surface area (TPSA) is 61.4 Å². The molecule has 1 aliphatic rings. The van der Waals surface area contributed by atoms with E-state index in [1.54, 1.807) is 11.3 Å². The van der Waals surface area contributed by atoms with Crippen molar-refractivity contribution in [2.75, 3.05) is 13.1 Å². The molecule has 6 heteroatoms. The Hall–Kier alpha value is -1.56. The third-order valence-corrected chi connectivity index (χ3v) is 6.06. The van der Waals surface area contributed by atoms with Crippen LogP contribution in [0.15, 0.2) is 17.5 Å². The lowest BCUT2D eigenvalue weighted by Gasteiger charge is -2.34. The quantitative estimate of drug-likeness (QED) is 0.769. The molecule has 0 aromatic carbocycles. The molecule has 2 rings (SSSR count). The average molecular weight is 366 g/mol. The molecular weight excluding hydrogens is 334 g/mol. The number of nitrogens with zero attached hydrogens (tertiary/aromatic N) is 1. The van der Waals surface area contributed by atoms with Crippen LogP contribution in [0.4, 0.5) is 4.79 Å². The highest BCUT2D eigenvalue weighted by atomic mass is 32.1. The number of hydrogen-bond donors (Lipinski definition) is 2. The lowest BCUT2D eigenvalue weighted by atomic mass is 9.98. The maximum absolute atomic E-state index is 12.4. The Balaban J connectivity index is 1.77. The first-order valence-electron chi connectivity index (χ1n) is 9.48. The van der Waals surface area contributed by atoms with Crippen LogP contribution in [0.5, 0.6) is 0 Å². The molecule has 1 unspecified atom stereocenters. The van der Waals surface area contributed by atoms with Gasteiger partial charge in [-0.05, 0) is 43.6 Å². The van der Waals surface area contributed by atoms with Crippen LogP contribution in [0.25, 0.3) is 0 Å². The summed E-state index contributed by atoms with van der Waals surface area (Å²) in [7, 11) is 0. The van der Waals surface area contributed by atoms with Crippen molar-refractivity contribution < 1.29 is 9.59 Å². The van der Waals surface area contributed by atoms with Crippen molar-refractivity contribution >= 4 is 23.3 Å². The Morgan fingerprint density at radius 1 is 1.20 bits per heavy atom. The van der Waals surface area contributed by atoms with Crippen molar-refractivity contribution in [1.29, 1.82) is 0 Å². The van der Waals surface area contributed by atoms with E-state index >= 15 is 0 Å². The first-order valence-corrected chi connectivity index (χ1v) is 10.4. The molecule has 1 aromatic rings. The fourth-order valence-electron chi connectivity index (χ4n) is 3.39. The van der Waals surface area contributed by atoms with Crippen LogP contribution in [0, 0.1) is 5.92 Å². The minimum atomic E-state index is -0.106. The summed E-state index contributed by atoms with van der Waals surface area (Å²) < 4.78 is 0. The zero-order chi connectivity index (χ0) is 18.2. The SMILES string of the molecule is CCC(CC)C(=O)N1CCC(NC(=O)NC(CC)c2cccs2)CC1.